The minimum Gasteiger partial charge on any atom is -0.311 e. The Morgan fingerprint density at radius 1 is 0.446 bits per heavy atom. The molecule has 0 atom stereocenters. The van der Waals surface area contributed by atoms with Crippen LogP contribution in [0.2, 0.25) is 0 Å². The van der Waals surface area contributed by atoms with Crippen LogP contribution in [0.3, 0.4) is 0 Å². The number of hydrogen-bond donors (Lipinski definition) is 0. The van der Waals surface area contributed by atoms with Gasteiger partial charge >= 0.3 is 0 Å². The Kier molecular flexibility index (Phi) is 10.3. The molecule has 74 heavy (non-hydrogen) atoms. The standard InChI is InChI=1S/C70H71BN2S/c1-42-34-60-65-61(35-42)73(57-40-52-50(36-43(57)2)67(6,7)30-32-69(52,10)11)58-37-45(47-23-19-25-63-64(47)48-22-17-18-24-62(48)74-63)26-28-54(58)71(65)55-39-51-53(70(12,13)33-31-68(51,8)9)41-59(55)72(60)56-29-27-46(66(3,4)5)38-49(56)44-20-15-14-16-21-44/h14-29,34-41H,30-33H2,1-13H3. The van der Waals surface area contributed by atoms with Gasteiger partial charge in [0, 0.05) is 54.2 Å². The third-order valence-electron chi connectivity index (χ3n) is 18.5. The lowest BCUT2D eigenvalue weighted by Gasteiger charge is -2.48. The van der Waals surface area contributed by atoms with Crippen LogP contribution in [0.25, 0.3) is 42.4 Å². The SMILES string of the molecule is Cc1cc2c3c(c1)N(c1ccc(C(C)(C)C)cc1-c1ccccc1)c1cc4c(cc1B3c1ccc(-c3cccc5sc6ccccc6c35)cc1N2c1cc2c(cc1C)C(C)(C)CCC2(C)C)C(C)(C)CCC4(C)C. The van der Waals surface area contributed by atoms with E-state index in [1.807, 2.05) is 11.3 Å². The zero-order valence-electron chi connectivity index (χ0n) is 46.1. The molecule has 0 amide bonds. The summed E-state index contributed by atoms with van der Waals surface area (Å²) in [6.07, 6.45) is 4.67. The van der Waals surface area contributed by atoms with E-state index in [2.05, 4.69) is 245 Å². The Morgan fingerprint density at radius 2 is 1.01 bits per heavy atom. The van der Waals surface area contributed by atoms with Crippen LogP contribution in [0, 0.1) is 13.8 Å². The van der Waals surface area contributed by atoms with Gasteiger partial charge in [-0.25, -0.2) is 0 Å². The highest BCUT2D eigenvalue weighted by atomic mass is 32.1. The highest BCUT2D eigenvalue weighted by Crippen LogP contribution is 2.54. The van der Waals surface area contributed by atoms with E-state index in [9.17, 15) is 0 Å². The maximum absolute atomic E-state index is 2.72. The molecule has 0 saturated carbocycles. The molecule has 2 aliphatic heterocycles. The smallest absolute Gasteiger partial charge is 0.252 e. The van der Waals surface area contributed by atoms with Gasteiger partial charge in [0.15, 0.2) is 0 Å². The molecule has 0 bridgehead atoms. The van der Waals surface area contributed by atoms with E-state index in [-0.39, 0.29) is 33.8 Å². The molecule has 9 aromatic rings. The van der Waals surface area contributed by atoms with Crippen LogP contribution in [0.15, 0.2) is 146 Å². The monoisotopic (exact) mass is 983 g/mol. The molecule has 0 radical (unpaired) electrons. The molecule has 3 heterocycles. The van der Waals surface area contributed by atoms with Crippen molar-refractivity contribution in [3.05, 3.63) is 185 Å². The van der Waals surface area contributed by atoms with Gasteiger partial charge in [-0.3, -0.25) is 0 Å². The molecule has 13 rings (SSSR count). The van der Waals surface area contributed by atoms with Crippen molar-refractivity contribution < 1.29 is 0 Å². The van der Waals surface area contributed by atoms with E-state index >= 15 is 0 Å². The minimum absolute atomic E-state index is 0.00149. The molecule has 0 spiro atoms. The van der Waals surface area contributed by atoms with Gasteiger partial charge in [0.1, 0.15) is 0 Å². The summed E-state index contributed by atoms with van der Waals surface area (Å²) in [5.74, 6) is 0. The van der Waals surface area contributed by atoms with Gasteiger partial charge in [-0.1, -0.05) is 167 Å². The van der Waals surface area contributed by atoms with Gasteiger partial charge in [-0.05, 0) is 193 Å². The van der Waals surface area contributed by atoms with Crippen molar-refractivity contribution in [2.75, 3.05) is 9.80 Å². The summed E-state index contributed by atoms with van der Waals surface area (Å²) >= 11 is 1.90. The molecule has 1 aromatic heterocycles. The van der Waals surface area contributed by atoms with Gasteiger partial charge in [-0.2, -0.15) is 0 Å². The molecule has 8 aromatic carbocycles. The van der Waals surface area contributed by atoms with Crippen molar-refractivity contribution in [2.45, 2.75) is 143 Å². The maximum atomic E-state index is 2.72. The normalized spacial score (nSPS) is 17.7. The summed E-state index contributed by atoms with van der Waals surface area (Å²) in [6, 6.07) is 57.6. The van der Waals surface area contributed by atoms with E-state index in [0.717, 1.165) is 19.3 Å². The van der Waals surface area contributed by atoms with Gasteiger partial charge in [0.05, 0.1) is 5.69 Å². The quantitative estimate of drug-likeness (QED) is 0.162. The largest absolute Gasteiger partial charge is 0.311 e. The zero-order chi connectivity index (χ0) is 51.6. The number of benzene rings is 8. The Balaban J connectivity index is 1.16. The second-order valence-corrected chi connectivity index (χ2v) is 27.5. The molecule has 4 heteroatoms. The number of nitrogens with zero attached hydrogens (tertiary/aromatic N) is 2. The van der Waals surface area contributed by atoms with Crippen molar-refractivity contribution >= 4 is 88.7 Å². The molecule has 0 unspecified atom stereocenters. The third-order valence-corrected chi connectivity index (χ3v) is 19.6. The highest BCUT2D eigenvalue weighted by Gasteiger charge is 2.48. The molecule has 0 fully saturated rings. The molecular formula is C70H71BN2S. The van der Waals surface area contributed by atoms with Crippen LogP contribution in [0.1, 0.15) is 141 Å². The van der Waals surface area contributed by atoms with Crippen LogP contribution < -0.4 is 26.2 Å². The minimum atomic E-state index is -0.0221. The number of aryl methyl sites for hydroxylation is 2. The third kappa shape index (κ3) is 7.09. The Labute approximate surface area is 445 Å². The van der Waals surface area contributed by atoms with E-state index in [0.29, 0.717) is 0 Å². The number of fused-ring (bicyclic) bond motifs is 9. The number of thiophene rings is 1. The van der Waals surface area contributed by atoms with Gasteiger partial charge in [0.25, 0.3) is 6.71 Å². The first-order valence-electron chi connectivity index (χ1n) is 27.5. The van der Waals surface area contributed by atoms with Crippen LogP contribution >= 0.6 is 11.3 Å². The number of rotatable bonds is 4. The van der Waals surface area contributed by atoms with Gasteiger partial charge in [0.2, 0.25) is 0 Å². The predicted molar refractivity (Wildman–Crippen MR) is 323 cm³/mol. The summed E-state index contributed by atoms with van der Waals surface area (Å²) in [4.78, 5) is 5.42. The fraction of sp³-hybridized carbons (Fsp3) is 0.314. The fourth-order valence-corrected chi connectivity index (χ4v) is 15.0. The molecule has 2 nitrogen and oxygen atoms in total. The molecule has 2 aliphatic carbocycles. The van der Waals surface area contributed by atoms with Crippen LogP contribution in [-0.4, -0.2) is 6.71 Å². The van der Waals surface area contributed by atoms with E-state index < -0.39 is 0 Å². The number of anilines is 6. The van der Waals surface area contributed by atoms with Crippen LogP contribution in [-0.2, 0) is 27.1 Å². The summed E-state index contributed by atoms with van der Waals surface area (Å²) in [7, 11) is 0. The summed E-state index contributed by atoms with van der Waals surface area (Å²) < 4.78 is 2.67. The van der Waals surface area contributed by atoms with Crippen LogP contribution in [0.4, 0.5) is 34.1 Å². The van der Waals surface area contributed by atoms with Crippen molar-refractivity contribution in [3.8, 4) is 22.3 Å². The van der Waals surface area contributed by atoms with E-state index in [4.69, 9.17) is 0 Å². The van der Waals surface area contributed by atoms with Gasteiger partial charge < -0.3 is 9.80 Å². The lowest BCUT2D eigenvalue weighted by Crippen LogP contribution is -2.62. The molecule has 370 valence electrons. The second-order valence-electron chi connectivity index (χ2n) is 26.4. The van der Waals surface area contributed by atoms with E-state index in [1.165, 1.54) is 138 Å². The van der Waals surface area contributed by atoms with Gasteiger partial charge in [-0.15, -0.1) is 11.3 Å². The van der Waals surface area contributed by atoms with E-state index in [1.54, 1.807) is 0 Å². The number of hydrogen-bond acceptors (Lipinski definition) is 3. The fourth-order valence-electron chi connectivity index (χ4n) is 13.9. The van der Waals surface area contributed by atoms with Crippen molar-refractivity contribution in [2.24, 2.45) is 0 Å². The Bertz CT molecular complexity index is 3820. The lowest BCUT2D eigenvalue weighted by molar-refractivity contribution is 0.332. The second kappa shape index (κ2) is 16.1. The molecular weight excluding hydrogens is 912 g/mol. The summed E-state index contributed by atoms with van der Waals surface area (Å²) in [5, 5.41) is 2.69. The highest BCUT2D eigenvalue weighted by molar-refractivity contribution is 7.26. The first-order chi connectivity index (χ1) is 35.1. The molecule has 0 saturated heterocycles. The lowest BCUT2D eigenvalue weighted by atomic mass is 9.33. The average molecular weight is 983 g/mol. The summed E-state index contributed by atoms with van der Waals surface area (Å²) in [6.45, 7) is 31.6. The van der Waals surface area contributed by atoms with Crippen molar-refractivity contribution in [1.82, 2.24) is 0 Å². The Morgan fingerprint density at radius 3 is 1.68 bits per heavy atom. The average Bonchev–Trinajstić information content (AvgIpc) is 3.75. The van der Waals surface area contributed by atoms with Crippen molar-refractivity contribution in [1.29, 1.82) is 0 Å². The first kappa shape index (κ1) is 47.4. The van der Waals surface area contributed by atoms with Crippen LogP contribution in [0.5, 0.6) is 0 Å². The zero-order valence-corrected chi connectivity index (χ0v) is 46.9. The maximum Gasteiger partial charge on any atom is 0.252 e. The summed E-state index contributed by atoms with van der Waals surface area (Å²) in [5.41, 5.74) is 26.9. The first-order valence-corrected chi connectivity index (χ1v) is 28.3. The predicted octanol–water partition coefficient (Wildman–Crippen LogP) is 18.1. The Hall–Kier alpha value is -6.36. The molecule has 4 aliphatic rings. The van der Waals surface area contributed by atoms with Crippen molar-refractivity contribution in [3.63, 3.8) is 0 Å². The topological polar surface area (TPSA) is 6.48 Å². The molecule has 0 N–H and O–H groups in total.